The number of rotatable bonds is 12. The van der Waals surface area contributed by atoms with E-state index >= 15 is 0 Å². The zero-order valence-electron chi connectivity index (χ0n) is 22.6. The normalized spacial score (nSPS) is 11.9. The summed E-state index contributed by atoms with van der Waals surface area (Å²) in [6.07, 6.45) is 0.737. The van der Waals surface area contributed by atoms with Crippen LogP contribution in [0.3, 0.4) is 0 Å². The summed E-state index contributed by atoms with van der Waals surface area (Å²) in [5, 5.41) is 3.31. The van der Waals surface area contributed by atoms with Crippen LogP contribution in [0.25, 0.3) is 0 Å². The van der Waals surface area contributed by atoms with Gasteiger partial charge in [-0.15, -0.1) is 0 Å². The molecule has 0 aromatic heterocycles. The van der Waals surface area contributed by atoms with Gasteiger partial charge in [0.1, 0.15) is 18.3 Å². The van der Waals surface area contributed by atoms with Crippen LogP contribution in [0.15, 0.2) is 77.7 Å². The predicted octanol–water partition coefficient (Wildman–Crippen LogP) is 4.80. The number of benzene rings is 3. The third kappa shape index (κ3) is 7.74. The molecule has 0 saturated carbocycles. The van der Waals surface area contributed by atoms with Gasteiger partial charge in [-0.2, -0.15) is 0 Å². The average molecular weight is 572 g/mol. The fourth-order valence-corrected chi connectivity index (χ4v) is 5.55. The highest BCUT2D eigenvalue weighted by Gasteiger charge is 2.32. The van der Waals surface area contributed by atoms with Crippen molar-refractivity contribution in [1.82, 2.24) is 10.2 Å². The predicted molar refractivity (Wildman–Crippen MR) is 153 cm³/mol. The summed E-state index contributed by atoms with van der Waals surface area (Å²) in [6, 6.07) is 19.0. The first kappa shape index (κ1) is 30.0. The minimum atomic E-state index is -4.14. The maximum absolute atomic E-state index is 13.9. The van der Waals surface area contributed by atoms with Crippen molar-refractivity contribution in [3.63, 3.8) is 0 Å². The Hall–Kier alpha value is -3.56. The van der Waals surface area contributed by atoms with E-state index in [2.05, 4.69) is 5.32 Å². The summed E-state index contributed by atoms with van der Waals surface area (Å²) < 4.78 is 33.9. The van der Waals surface area contributed by atoms with Gasteiger partial charge < -0.3 is 15.0 Å². The molecule has 0 heterocycles. The molecule has 0 unspecified atom stereocenters. The summed E-state index contributed by atoms with van der Waals surface area (Å²) in [6.45, 7) is 5.43. The molecule has 0 aliphatic carbocycles. The van der Waals surface area contributed by atoms with E-state index in [9.17, 15) is 18.0 Å². The van der Waals surface area contributed by atoms with E-state index in [4.69, 9.17) is 16.3 Å². The molecule has 0 saturated heterocycles. The van der Waals surface area contributed by atoms with Crippen molar-refractivity contribution in [3.8, 4) is 5.75 Å². The Labute approximate surface area is 235 Å². The number of aryl methyl sites for hydroxylation is 1. The maximum Gasteiger partial charge on any atom is 0.264 e. The second-order valence-electron chi connectivity index (χ2n) is 9.14. The van der Waals surface area contributed by atoms with Crippen molar-refractivity contribution in [2.24, 2.45) is 0 Å². The highest BCUT2D eigenvalue weighted by Crippen LogP contribution is 2.27. The van der Waals surface area contributed by atoms with Crippen LogP contribution in [0.1, 0.15) is 31.4 Å². The molecule has 2 amide bonds. The second-order valence-corrected chi connectivity index (χ2v) is 11.4. The van der Waals surface area contributed by atoms with Gasteiger partial charge >= 0.3 is 0 Å². The average Bonchev–Trinajstić information content (AvgIpc) is 2.93. The van der Waals surface area contributed by atoms with E-state index in [0.717, 1.165) is 16.3 Å². The smallest absolute Gasteiger partial charge is 0.264 e. The molecule has 1 atom stereocenters. The minimum Gasteiger partial charge on any atom is -0.497 e. The molecule has 8 nitrogen and oxygen atoms in total. The highest BCUT2D eigenvalue weighted by atomic mass is 35.5. The maximum atomic E-state index is 13.9. The molecule has 3 aromatic carbocycles. The van der Waals surface area contributed by atoms with E-state index in [1.165, 1.54) is 24.1 Å². The largest absolute Gasteiger partial charge is 0.497 e. The van der Waals surface area contributed by atoms with Crippen LogP contribution in [-0.2, 0) is 26.2 Å². The number of methoxy groups -OCH3 is 1. The molecule has 0 aliphatic rings. The number of hydrogen-bond donors (Lipinski definition) is 1. The van der Waals surface area contributed by atoms with E-state index in [1.807, 2.05) is 13.8 Å². The van der Waals surface area contributed by atoms with E-state index < -0.39 is 28.5 Å². The Kier molecular flexibility index (Phi) is 10.4. The standard InChI is InChI=1S/C29H34ClN3O5S/c1-5-17-31-29(35)22(3)32(19-23-7-6-8-24(30)18-23)28(34)20-33(25-11-13-26(38-4)14-12-25)39(36,37)27-15-9-21(2)10-16-27/h6-16,18,22H,5,17,19-20H2,1-4H3,(H,31,35)/t22-/m1/s1. The summed E-state index contributed by atoms with van der Waals surface area (Å²) >= 11 is 6.17. The lowest BCUT2D eigenvalue weighted by atomic mass is 10.1. The van der Waals surface area contributed by atoms with Gasteiger partial charge in [0.25, 0.3) is 10.0 Å². The third-order valence-corrected chi connectivity index (χ3v) is 8.23. The van der Waals surface area contributed by atoms with Crippen molar-refractivity contribution >= 4 is 39.1 Å². The topological polar surface area (TPSA) is 96.0 Å². The Morgan fingerprint density at radius 1 is 1.03 bits per heavy atom. The first-order valence-electron chi connectivity index (χ1n) is 12.6. The number of anilines is 1. The number of hydrogen-bond acceptors (Lipinski definition) is 5. The third-order valence-electron chi connectivity index (χ3n) is 6.21. The van der Waals surface area contributed by atoms with Gasteiger partial charge in [0.15, 0.2) is 0 Å². The number of carbonyl (C=O) groups is 2. The van der Waals surface area contributed by atoms with Gasteiger partial charge in [0.2, 0.25) is 11.8 Å². The summed E-state index contributed by atoms with van der Waals surface area (Å²) in [5.74, 6) is -0.327. The molecule has 0 aliphatic heterocycles. The Morgan fingerprint density at radius 3 is 2.28 bits per heavy atom. The summed E-state index contributed by atoms with van der Waals surface area (Å²) in [5.41, 5.74) is 1.90. The number of sulfonamides is 1. The molecule has 39 heavy (non-hydrogen) atoms. The minimum absolute atomic E-state index is 0.0480. The van der Waals surface area contributed by atoms with Crippen LogP contribution in [0, 0.1) is 6.92 Å². The molecule has 10 heteroatoms. The lowest BCUT2D eigenvalue weighted by Crippen LogP contribution is -2.51. The molecule has 3 aromatic rings. The molecular formula is C29H34ClN3O5S. The zero-order valence-corrected chi connectivity index (χ0v) is 24.1. The number of amides is 2. The fourth-order valence-electron chi connectivity index (χ4n) is 3.93. The van der Waals surface area contributed by atoms with Crippen LogP contribution in [-0.4, -0.2) is 51.4 Å². The molecule has 3 rings (SSSR count). The van der Waals surface area contributed by atoms with Gasteiger partial charge in [0, 0.05) is 18.1 Å². The molecule has 0 radical (unpaired) electrons. The van der Waals surface area contributed by atoms with Gasteiger partial charge in [-0.25, -0.2) is 8.42 Å². The molecule has 0 spiro atoms. The lowest BCUT2D eigenvalue weighted by Gasteiger charge is -2.32. The zero-order chi connectivity index (χ0) is 28.6. The van der Waals surface area contributed by atoms with E-state index in [1.54, 1.807) is 67.6 Å². The number of nitrogens with one attached hydrogen (secondary N) is 1. The van der Waals surface area contributed by atoms with Crippen LogP contribution in [0.5, 0.6) is 5.75 Å². The van der Waals surface area contributed by atoms with Crippen molar-refractivity contribution in [3.05, 3.63) is 88.9 Å². The van der Waals surface area contributed by atoms with Crippen molar-refractivity contribution in [2.45, 2.75) is 44.7 Å². The molecule has 0 fully saturated rings. The van der Waals surface area contributed by atoms with E-state index in [0.29, 0.717) is 22.9 Å². The number of nitrogens with zero attached hydrogens (tertiary/aromatic N) is 2. The number of halogens is 1. The summed E-state index contributed by atoms with van der Waals surface area (Å²) in [7, 11) is -2.62. The monoisotopic (exact) mass is 571 g/mol. The number of carbonyl (C=O) groups excluding carboxylic acids is 2. The lowest BCUT2D eigenvalue weighted by molar-refractivity contribution is -0.139. The van der Waals surface area contributed by atoms with Gasteiger partial charge in [0.05, 0.1) is 17.7 Å². The van der Waals surface area contributed by atoms with Gasteiger partial charge in [-0.3, -0.25) is 13.9 Å². The Morgan fingerprint density at radius 2 is 1.69 bits per heavy atom. The van der Waals surface area contributed by atoms with Crippen LogP contribution in [0.2, 0.25) is 5.02 Å². The van der Waals surface area contributed by atoms with Crippen molar-refractivity contribution < 1.29 is 22.7 Å². The highest BCUT2D eigenvalue weighted by molar-refractivity contribution is 7.92. The van der Waals surface area contributed by atoms with Crippen LogP contribution >= 0.6 is 11.6 Å². The first-order chi connectivity index (χ1) is 18.6. The van der Waals surface area contributed by atoms with Crippen LogP contribution < -0.4 is 14.4 Å². The Balaban J connectivity index is 2.02. The molecule has 0 bridgehead atoms. The van der Waals surface area contributed by atoms with Crippen LogP contribution in [0.4, 0.5) is 5.69 Å². The fraction of sp³-hybridized carbons (Fsp3) is 0.310. The quantitative estimate of drug-likeness (QED) is 0.337. The second kappa shape index (κ2) is 13.5. The van der Waals surface area contributed by atoms with Gasteiger partial charge in [-0.1, -0.05) is 48.4 Å². The van der Waals surface area contributed by atoms with Crippen molar-refractivity contribution in [2.75, 3.05) is 24.5 Å². The van der Waals surface area contributed by atoms with Gasteiger partial charge in [-0.05, 0) is 74.4 Å². The SMILES string of the molecule is CCCNC(=O)[C@@H](C)N(Cc1cccc(Cl)c1)C(=O)CN(c1ccc(OC)cc1)S(=O)(=O)c1ccc(C)cc1. The molecular weight excluding hydrogens is 538 g/mol. The molecule has 208 valence electrons. The first-order valence-corrected chi connectivity index (χ1v) is 14.4. The Bertz CT molecular complexity index is 1380. The molecule has 1 N–H and O–H groups in total. The number of ether oxygens (including phenoxy) is 1. The van der Waals surface area contributed by atoms with Crippen molar-refractivity contribution in [1.29, 1.82) is 0 Å². The summed E-state index contributed by atoms with van der Waals surface area (Å²) in [4.78, 5) is 28.2. The van der Waals surface area contributed by atoms with E-state index in [-0.39, 0.29) is 23.0 Å².